The Morgan fingerprint density at radius 1 is 0.435 bits per heavy atom. The summed E-state index contributed by atoms with van der Waals surface area (Å²) >= 11 is 0. The molecular weight excluding hydrogens is 853 g/mol. The van der Waals surface area contributed by atoms with Crippen LogP contribution in [0, 0.1) is 0 Å². The van der Waals surface area contributed by atoms with Crippen LogP contribution >= 0.6 is 0 Å². The van der Waals surface area contributed by atoms with Gasteiger partial charge >= 0.3 is 0 Å². The summed E-state index contributed by atoms with van der Waals surface area (Å²) in [6.07, 6.45) is 5.51. The molecule has 0 atom stereocenters. The fourth-order valence-electron chi connectivity index (χ4n) is 9.41. The van der Waals surface area contributed by atoms with Gasteiger partial charge in [0.15, 0.2) is 23.0 Å². The number of anilines is 11. The van der Waals surface area contributed by atoms with Crippen LogP contribution in [0.15, 0.2) is 259 Å². The van der Waals surface area contributed by atoms with Gasteiger partial charge in [0.2, 0.25) is 5.43 Å². The molecule has 12 rings (SSSR count). The molecule has 8 nitrogen and oxygen atoms in total. The third kappa shape index (κ3) is 7.15. The maximum atomic E-state index is 14.5. The van der Waals surface area contributed by atoms with Crippen molar-refractivity contribution in [1.29, 1.82) is 0 Å². The first kappa shape index (κ1) is 40.9. The van der Waals surface area contributed by atoms with Crippen molar-refractivity contribution in [2.24, 2.45) is 0 Å². The highest BCUT2D eigenvalue weighted by Crippen LogP contribution is 2.54. The Balaban J connectivity index is 0.993. The minimum Gasteiger partial charge on any atom is -0.456 e. The Labute approximate surface area is 399 Å². The van der Waals surface area contributed by atoms with Crippen molar-refractivity contribution in [2.75, 3.05) is 19.6 Å². The fraction of sp³-hybridized carbons (Fsp3) is 0. The normalized spacial score (nSPS) is 12.5. The molecule has 0 saturated carbocycles. The molecule has 0 bridgehead atoms. The van der Waals surface area contributed by atoms with E-state index in [1.165, 1.54) is 0 Å². The highest BCUT2D eigenvalue weighted by molar-refractivity contribution is 5.98. The van der Waals surface area contributed by atoms with E-state index in [9.17, 15) is 4.79 Å². The molecular formula is C61H42N4O4. The number of hydrogen-bond acceptors (Lipinski definition) is 8. The van der Waals surface area contributed by atoms with Crippen molar-refractivity contribution in [2.45, 2.75) is 0 Å². The first-order valence-corrected chi connectivity index (χ1v) is 22.7. The maximum Gasteiger partial charge on any atom is 0.200 e. The maximum absolute atomic E-state index is 14.5. The lowest BCUT2D eigenvalue weighted by molar-refractivity contribution is 0.477. The summed E-state index contributed by atoms with van der Waals surface area (Å²) in [4.78, 5) is 23.2. The number of allylic oxidation sites excluding steroid dienone is 3. The monoisotopic (exact) mass is 894 g/mol. The molecule has 9 aromatic carbocycles. The number of para-hydroxylation sites is 7. The lowest BCUT2D eigenvalue weighted by Crippen LogP contribution is -2.19. The SMILES string of the molecule is C=C/C=C(\C=C)N(c1ccccc1)c1ccc2c(c1)N(c1ccc3c(=O)c4ccc(N5c6ccccc6Oc6ccc(N(c7ccccc7)c7ccccc7)cc65)cc4oc3c1)c1ccccc1O2. The van der Waals surface area contributed by atoms with Crippen LogP contribution in [0.1, 0.15) is 0 Å². The molecule has 0 saturated heterocycles. The lowest BCUT2D eigenvalue weighted by atomic mass is 10.1. The molecule has 2 aliphatic rings. The molecule has 1 aromatic heterocycles. The van der Waals surface area contributed by atoms with E-state index >= 15 is 0 Å². The van der Waals surface area contributed by atoms with Gasteiger partial charge in [0.1, 0.15) is 11.2 Å². The quantitative estimate of drug-likeness (QED) is 0.0994. The zero-order chi connectivity index (χ0) is 46.4. The van der Waals surface area contributed by atoms with Crippen molar-refractivity contribution in [3.63, 3.8) is 0 Å². The van der Waals surface area contributed by atoms with Gasteiger partial charge in [-0.1, -0.05) is 98.1 Å². The van der Waals surface area contributed by atoms with Crippen molar-refractivity contribution in [1.82, 2.24) is 0 Å². The standard InChI is InChI=1S/C61H42N4O4/c1-3-18-41(4-2)62(42-19-8-5-9-20-42)45-31-35-57-53(37-45)64(51-25-14-16-27-55(51)67-57)47-29-33-49-59(39-47)69-60-40-48(30-34-50(60)61(49)66)65-52-26-15-17-28-56(52)68-58-36-32-46(38-54(58)65)63(43-21-10-6-11-22-43)44-23-12-7-13-24-44/h3-40H,1-2H2/b41-18+. The zero-order valence-electron chi connectivity index (χ0n) is 37.3. The lowest BCUT2D eigenvalue weighted by Gasteiger charge is -2.34. The number of benzene rings is 9. The summed E-state index contributed by atoms with van der Waals surface area (Å²) in [5, 5.41) is 0.954. The van der Waals surface area contributed by atoms with Crippen LogP contribution in [0.2, 0.25) is 0 Å². The molecule has 0 aliphatic carbocycles. The molecule has 330 valence electrons. The summed E-state index contributed by atoms with van der Waals surface area (Å²) in [6.45, 7) is 8.10. The van der Waals surface area contributed by atoms with Crippen molar-refractivity contribution < 1.29 is 13.9 Å². The average Bonchev–Trinajstić information content (AvgIpc) is 3.40. The number of ether oxygens (including phenoxy) is 2. The van der Waals surface area contributed by atoms with Gasteiger partial charge in [-0.3, -0.25) is 4.79 Å². The van der Waals surface area contributed by atoms with Crippen LogP contribution in [0.4, 0.5) is 62.6 Å². The van der Waals surface area contributed by atoms with E-state index in [0.29, 0.717) is 44.9 Å². The minimum absolute atomic E-state index is 0.120. The molecule has 0 N–H and O–H groups in total. The first-order chi connectivity index (χ1) is 34.0. The number of hydrogen-bond donors (Lipinski definition) is 0. The second-order valence-corrected chi connectivity index (χ2v) is 16.6. The molecule has 8 heteroatoms. The summed E-state index contributed by atoms with van der Waals surface area (Å²) in [6, 6.07) is 70.6. The largest absolute Gasteiger partial charge is 0.456 e. The van der Waals surface area contributed by atoms with Crippen LogP contribution in [0.5, 0.6) is 23.0 Å². The molecule has 0 unspecified atom stereocenters. The van der Waals surface area contributed by atoms with E-state index in [1.54, 1.807) is 6.08 Å². The molecule has 10 aromatic rings. The Morgan fingerprint density at radius 3 is 1.39 bits per heavy atom. The second-order valence-electron chi connectivity index (χ2n) is 16.6. The molecule has 0 fully saturated rings. The summed E-state index contributed by atoms with van der Waals surface area (Å²) in [5.74, 6) is 2.78. The third-order valence-corrected chi connectivity index (χ3v) is 12.5. The van der Waals surface area contributed by atoms with Crippen LogP contribution in [-0.2, 0) is 0 Å². The average molecular weight is 895 g/mol. The molecule has 2 aliphatic heterocycles. The predicted molar refractivity (Wildman–Crippen MR) is 281 cm³/mol. The van der Waals surface area contributed by atoms with Crippen molar-refractivity contribution >= 4 is 84.5 Å². The number of fused-ring (bicyclic) bond motifs is 6. The van der Waals surface area contributed by atoms with E-state index < -0.39 is 0 Å². The van der Waals surface area contributed by atoms with Crippen LogP contribution < -0.4 is 34.5 Å². The molecule has 69 heavy (non-hydrogen) atoms. The molecule has 0 spiro atoms. The van der Waals surface area contributed by atoms with Crippen LogP contribution in [0.3, 0.4) is 0 Å². The van der Waals surface area contributed by atoms with E-state index in [-0.39, 0.29) is 5.43 Å². The zero-order valence-corrected chi connectivity index (χ0v) is 37.3. The van der Waals surface area contributed by atoms with Crippen molar-refractivity contribution in [3.05, 3.63) is 260 Å². The van der Waals surface area contributed by atoms with E-state index in [2.05, 4.69) is 87.4 Å². The third-order valence-electron chi connectivity index (χ3n) is 12.5. The van der Waals surface area contributed by atoms with Gasteiger partial charge in [-0.15, -0.1) is 0 Å². The Morgan fingerprint density at radius 2 is 0.884 bits per heavy atom. The fourth-order valence-corrected chi connectivity index (χ4v) is 9.41. The van der Waals surface area contributed by atoms with Gasteiger partial charge in [0, 0.05) is 46.3 Å². The Bertz CT molecular complexity index is 3680. The first-order valence-electron chi connectivity index (χ1n) is 22.7. The second kappa shape index (κ2) is 17.0. The smallest absolute Gasteiger partial charge is 0.200 e. The van der Waals surface area contributed by atoms with E-state index in [0.717, 1.165) is 68.3 Å². The predicted octanol–water partition coefficient (Wildman–Crippen LogP) is 17.0. The van der Waals surface area contributed by atoms with Gasteiger partial charge < -0.3 is 33.5 Å². The van der Waals surface area contributed by atoms with E-state index in [1.807, 2.05) is 170 Å². The van der Waals surface area contributed by atoms with Gasteiger partial charge in [0.25, 0.3) is 0 Å². The van der Waals surface area contributed by atoms with Gasteiger partial charge in [-0.25, -0.2) is 0 Å². The molecule has 0 radical (unpaired) electrons. The van der Waals surface area contributed by atoms with Crippen molar-refractivity contribution in [3.8, 4) is 23.0 Å². The van der Waals surface area contributed by atoms with Gasteiger partial charge in [-0.2, -0.15) is 0 Å². The van der Waals surface area contributed by atoms with Crippen LogP contribution in [-0.4, -0.2) is 0 Å². The molecule has 3 heterocycles. The number of nitrogens with zero attached hydrogens (tertiary/aromatic N) is 4. The molecule has 0 amide bonds. The van der Waals surface area contributed by atoms with Crippen LogP contribution in [0.25, 0.3) is 21.9 Å². The topological polar surface area (TPSA) is 61.6 Å². The summed E-state index contributed by atoms with van der Waals surface area (Å²) in [7, 11) is 0. The summed E-state index contributed by atoms with van der Waals surface area (Å²) in [5.41, 5.74) is 11.4. The number of rotatable bonds is 10. The highest BCUT2D eigenvalue weighted by Gasteiger charge is 2.30. The van der Waals surface area contributed by atoms with Gasteiger partial charge in [0.05, 0.1) is 44.9 Å². The minimum atomic E-state index is -0.120. The van der Waals surface area contributed by atoms with Gasteiger partial charge in [-0.05, 0) is 133 Å². The Hall–Kier alpha value is -9.53. The highest BCUT2D eigenvalue weighted by atomic mass is 16.5. The summed E-state index contributed by atoms with van der Waals surface area (Å²) < 4.78 is 20.0. The van der Waals surface area contributed by atoms with E-state index in [4.69, 9.17) is 13.9 Å². The Kier molecular flexibility index (Phi) is 10.1.